The van der Waals surface area contributed by atoms with Gasteiger partial charge in [0.25, 0.3) is 11.8 Å². The van der Waals surface area contributed by atoms with Crippen molar-refractivity contribution in [1.29, 1.82) is 0 Å². The van der Waals surface area contributed by atoms with Gasteiger partial charge >= 0.3 is 0 Å². The van der Waals surface area contributed by atoms with Crippen LogP contribution < -0.4 is 5.32 Å². The largest absolute Gasteiger partial charge is 0.361 e. The molecule has 2 heterocycles. The first kappa shape index (κ1) is 11.4. The maximum atomic E-state index is 11.9. The van der Waals surface area contributed by atoms with Gasteiger partial charge in [0.1, 0.15) is 0 Å². The van der Waals surface area contributed by atoms with Gasteiger partial charge in [0.05, 0.1) is 11.1 Å². The van der Waals surface area contributed by atoms with E-state index in [4.69, 9.17) is 0 Å². The molecule has 0 unspecified atom stereocenters. The molecular weight excluding hydrogens is 244 g/mol. The van der Waals surface area contributed by atoms with Gasteiger partial charge in [-0.05, 0) is 13.0 Å². The molecule has 0 spiro atoms. The van der Waals surface area contributed by atoms with Crippen LogP contribution >= 0.6 is 0 Å². The number of carbonyl (C=O) groups excluding carboxylic acids is 3. The van der Waals surface area contributed by atoms with Crippen molar-refractivity contribution in [3.63, 3.8) is 0 Å². The Hall–Kier alpha value is -2.69. The maximum absolute atomic E-state index is 11.9. The van der Waals surface area contributed by atoms with Gasteiger partial charge in [0, 0.05) is 22.7 Å². The van der Waals surface area contributed by atoms with E-state index in [-0.39, 0.29) is 11.1 Å². The van der Waals surface area contributed by atoms with E-state index in [1.165, 1.54) is 6.92 Å². The highest BCUT2D eigenvalue weighted by Gasteiger charge is 2.34. The van der Waals surface area contributed by atoms with Crippen LogP contribution in [0.3, 0.4) is 0 Å². The van der Waals surface area contributed by atoms with Gasteiger partial charge in [-0.25, -0.2) is 0 Å². The minimum Gasteiger partial charge on any atom is -0.361 e. The van der Waals surface area contributed by atoms with Gasteiger partial charge < -0.3 is 4.98 Å². The molecule has 5 nitrogen and oxygen atoms in total. The molecule has 0 bridgehead atoms. The van der Waals surface area contributed by atoms with Gasteiger partial charge in [-0.15, -0.1) is 0 Å². The Kier molecular flexibility index (Phi) is 2.35. The molecule has 1 aliphatic heterocycles. The van der Waals surface area contributed by atoms with Crippen LogP contribution in [0.25, 0.3) is 16.5 Å². The van der Waals surface area contributed by atoms with Crippen molar-refractivity contribution in [1.82, 2.24) is 10.3 Å². The molecule has 0 fully saturated rings. The van der Waals surface area contributed by atoms with Gasteiger partial charge in [0.2, 0.25) is 0 Å². The van der Waals surface area contributed by atoms with Crippen molar-refractivity contribution >= 4 is 34.1 Å². The van der Waals surface area contributed by atoms with Crippen molar-refractivity contribution in [2.24, 2.45) is 0 Å². The smallest absolute Gasteiger partial charge is 0.262 e. The predicted octanol–water partition coefficient (Wildman–Crippen LogP) is 1.17. The second-order valence-corrected chi connectivity index (χ2v) is 4.34. The number of carbonyl (C=O) groups is 3. The molecule has 0 aliphatic carbocycles. The lowest BCUT2D eigenvalue weighted by molar-refractivity contribution is -0.124. The topological polar surface area (TPSA) is 79.0 Å². The molecule has 1 aromatic carbocycles. The van der Waals surface area contributed by atoms with Crippen molar-refractivity contribution in [2.45, 2.75) is 6.92 Å². The van der Waals surface area contributed by atoms with Gasteiger partial charge in [0.15, 0.2) is 5.78 Å². The Balaban J connectivity index is 2.33. The number of rotatable bonds is 2. The van der Waals surface area contributed by atoms with Crippen LogP contribution in [0, 0.1) is 0 Å². The Bertz CT molecular complexity index is 768. The summed E-state index contributed by atoms with van der Waals surface area (Å²) in [4.78, 5) is 38.1. The summed E-state index contributed by atoms with van der Waals surface area (Å²) in [5.41, 5.74) is 1.49. The second kappa shape index (κ2) is 3.91. The standard InChI is InChI=1S/C14H10N2O3/c1-7(17)11-12(14(19)16-13(11)18)9-6-15-10-5-3-2-4-8(9)10/h2-6,15H,1H3,(H,16,18,19). The average molecular weight is 254 g/mol. The van der Waals surface area contributed by atoms with Crippen LogP contribution in [-0.2, 0) is 14.4 Å². The van der Waals surface area contributed by atoms with Crippen molar-refractivity contribution in [2.75, 3.05) is 0 Å². The lowest BCUT2D eigenvalue weighted by Crippen LogP contribution is -2.24. The lowest BCUT2D eigenvalue weighted by Gasteiger charge is -1.99. The number of Topliss-reactive ketones (excluding diaryl/α,β-unsaturated/α-hetero) is 1. The van der Waals surface area contributed by atoms with E-state index in [9.17, 15) is 14.4 Å². The molecule has 5 heteroatoms. The molecular formula is C14H10N2O3. The van der Waals surface area contributed by atoms with E-state index < -0.39 is 17.6 Å². The van der Waals surface area contributed by atoms with Gasteiger partial charge in [-0.3, -0.25) is 19.7 Å². The highest BCUT2D eigenvalue weighted by Crippen LogP contribution is 2.30. The number of aromatic amines is 1. The molecule has 2 amide bonds. The van der Waals surface area contributed by atoms with Crippen LogP contribution in [0.2, 0.25) is 0 Å². The first-order chi connectivity index (χ1) is 9.09. The number of para-hydroxylation sites is 1. The summed E-state index contributed by atoms with van der Waals surface area (Å²) >= 11 is 0. The summed E-state index contributed by atoms with van der Waals surface area (Å²) in [5.74, 6) is -1.57. The number of benzene rings is 1. The summed E-state index contributed by atoms with van der Waals surface area (Å²) in [6.07, 6.45) is 1.64. The number of hydrogen-bond donors (Lipinski definition) is 2. The first-order valence-corrected chi connectivity index (χ1v) is 5.77. The monoisotopic (exact) mass is 254 g/mol. The molecule has 0 atom stereocenters. The van der Waals surface area contributed by atoms with Crippen LogP contribution in [0.5, 0.6) is 0 Å². The van der Waals surface area contributed by atoms with Crippen molar-refractivity contribution in [3.8, 4) is 0 Å². The summed E-state index contributed by atoms with van der Waals surface area (Å²) in [6, 6.07) is 7.40. The number of nitrogens with one attached hydrogen (secondary N) is 2. The Morgan fingerprint density at radius 3 is 2.58 bits per heavy atom. The van der Waals surface area contributed by atoms with E-state index in [1.807, 2.05) is 24.3 Å². The number of ketones is 1. The van der Waals surface area contributed by atoms with E-state index in [2.05, 4.69) is 10.3 Å². The normalized spacial score (nSPS) is 15.2. The maximum Gasteiger partial charge on any atom is 0.262 e. The lowest BCUT2D eigenvalue weighted by atomic mass is 9.99. The SMILES string of the molecule is CC(=O)C1=C(c2c[nH]c3ccccc23)C(=O)NC1=O. The number of fused-ring (bicyclic) bond motifs is 1. The van der Waals surface area contributed by atoms with Crippen LogP contribution in [-0.4, -0.2) is 22.6 Å². The van der Waals surface area contributed by atoms with Crippen LogP contribution in [0.1, 0.15) is 12.5 Å². The third kappa shape index (κ3) is 1.59. The number of hydrogen-bond acceptors (Lipinski definition) is 3. The molecule has 3 rings (SSSR count). The molecule has 0 radical (unpaired) electrons. The molecule has 0 saturated carbocycles. The van der Waals surface area contributed by atoms with Crippen molar-refractivity contribution in [3.05, 3.63) is 41.6 Å². The van der Waals surface area contributed by atoms with E-state index in [0.717, 1.165) is 10.9 Å². The zero-order chi connectivity index (χ0) is 13.6. The van der Waals surface area contributed by atoms with E-state index >= 15 is 0 Å². The second-order valence-electron chi connectivity index (χ2n) is 4.34. The van der Waals surface area contributed by atoms with Crippen LogP contribution in [0.15, 0.2) is 36.0 Å². The molecule has 1 aromatic heterocycles. The van der Waals surface area contributed by atoms with Gasteiger partial charge in [-0.2, -0.15) is 0 Å². The molecule has 2 aromatic rings. The predicted molar refractivity (Wildman–Crippen MR) is 69.0 cm³/mol. The van der Waals surface area contributed by atoms with E-state index in [1.54, 1.807) is 6.20 Å². The number of amides is 2. The molecule has 19 heavy (non-hydrogen) atoms. The van der Waals surface area contributed by atoms with Crippen molar-refractivity contribution < 1.29 is 14.4 Å². The van der Waals surface area contributed by atoms with Crippen LogP contribution in [0.4, 0.5) is 0 Å². The van der Waals surface area contributed by atoms with E-state index in [0.29, 0.717) is 5.56 Å². The first-order valence-electron chi connectivity index (χ1n) is 5.77. The fraction of sp³-hybridized carbons (Fsp3) is 0.0714. The Morgan fingerprint density at radius 1 is 1.11 bits per heavy atom. The average Bonchev–Trinajstić information content (AvgIpc) is 2.89. The fourth-order valence-corrected chi connectivity index (χ4v) is 2.33. The molecule has 1 aliphatic rings. The summed E-state index contributed by atoms with van der Waals surface area (Å²) in [6.45, 7) is 1.28. The zero-order valence-electron chi connectivity index (χ0n) is 10.1. The minimum atomic E-state index is -0.627. The summed E-state index contributed by atoms with van der Waals surface area (Å²) in [5, 5.41) is 2.97. The summed E-state index contributed by atoms with van der Waals surface area (Å²) in [7, 11) is 0. The molecule has 94 valence electrons. The number of imide groups is 1. The highest BCUT2D eigenvalue weighted by atomic mass is 16.2. The third-order valence-corrected chi connectivity index (χ3v) is 3.14. The summed E-state index contributed by atoms with van der Waals surface area (Å²) < 4.78 is 0. The quantitative estimate of drug-likeness (QED) is 0.623. The number of aromatic nitrogens is 1. The Morgan fingerprint density at radius 2 is 1.84 bits per heavy atom. The highest BCUT2D eigenvalue weighted by molar-refractivity contribution is 6.45. The third-order valence-electron chi connectivity index (χ3n) is 3.14. The Labute approximate surface area is 108 Å². The minimum absolute atomic E-state index is 0.0743. The zero-order valence-corrected chi connectivity index (χ0v) is 10.1. The number of H-pyrrole nitrogens is 1. The fourth-order valence-electron chi connectivity index (χ4n) is 2.33. The molecule has 0 saturated heterocycles. The van der Waals surface area contributed by atoms with Gasteiger partial charge in [-0.1, -0.05) is 18.2 Å². The molecule has 2 N–H and O–H groups in total.